The third-order valence-electron chi connectivity index (χ3n) is 2.90. The summed E-state index contributed by atoms with van der Waals surface area (Å²) in [6, 6.07) is 7.17. The number of hydrogen-bond acceptors (Lipinski definition) is 4. The van der Waals surface area contributed by atoms with Crippen molar-refractivity contribution in [3.63, 3.8) is 0 Å². The number of aromatic nitrogens is 1. The molecule has 10 heteroatoms. The van der Waals surface area contributed by atoms with Gasteiger partial charge in [0.2, 0.25) is 0 Å². The summed E-state index contributed by atoms with van der Waals surface area (Å²) in [5, 5.41) is 1.71. The lowest BCUT2D eigenvalue weighted by atomic mass is 10.2. The van der Waals surface area contributed by atoms with E-state index >= 15 is 0 Å². The van der Waals surface area contributed by atoms with Gasteiger partial charge < -0.3 is 4.74 Å². The molecule has 0 spiro atoms. The van der Waals surface area contributed by atoms with Crippen molar-refractivity contribution < 1.29 is 14.4 Å². The maximum atomic E-state index is 11.8. The molecule has 0 aliphatic rings. The summed E-state index contributed by atoms with van der Waals surface area (Å²) in [5.41, 5.74) is 1.28. The molecular formula is C15H11Cl4IN2O3. The fraction of sp³-hybridized carbons (Fsp3) is 0.133. The number of halogens is 5. The van der Waals surface area contributed by atoms with Crippen LogP contribution in [0.1, 0.15) is 5.56 Å². The van der Waals surface area contributed by atoms with Crippen LogP contribution in [-0.4, -0.2) is 29.3 Å². The fourth-order valence-corrected chi connectivity index (χ4v) is 5.15. The fourth-order valence-electron chi connectivity index (χ4n) is 1.76. The topological polar surface area (TPSA) is 51.7 Å². The van der Waals surface area contributed by atoms with Crippen LogP contribution < -0.4 is 5.06 Å². The first-order valence-electron chi connectivity index (χ1n) is 6.58. The van der Waals surface area contributed by atoms with Crippen molar-refractivity contribution in [1.29, 1.82) is 0 Å². The molecule has 2 rings (SSSR count). The molecule has 134 valence electrons. The first kappa shape index (κ1) is 20.7. The van der Waals surface area contributed by atoms with Crippen LogP contribution >= 0.6 is 67.1 Å². The molecule has 1 aromatic carbocycles. The van der Waals surface area contributed by atoms with Gasteiger partial charge in [0.05, 0.1) is 35.0 Å². The van der Waals surface area contributed by atoms with Crippen molar-refractivity contribution >= 4 is 82.9 Å². The van der Waals surface area contributed by atoms with Crippen molar-refractivity contribution in [2.75, 3.05) is 19.3 Å². The first-order chi connectivity index (χ1) is 11.9. The Balaban J connectivity index is 2.45. The Hall–Kier alpha value is -0.640. The van der Waals surface area contributed by atoms with Crippen molar-refractivity contribution in [2.24, 2.45) is 0 Å². The molecule has 0 radical (unpaired) electrons. The van der Waals surface area contributed by atoms with Crippen molar-refractivity contribution in [2.45, 2.75) is 0 Å². The average molecular weight is 536 g/mol. The summed E-state index contributed by atoms with van der Waals surface area (Å²) in [7, 11) is 2.65. The minimum atomic E-state index is -0.822. The van der Waals surface area contributed by atoms with E-state index in [4.69, 9.17) is 56.0 Å². The number of hydroxylamine groups is 1. The Morgan fingerprint density at radius 1 is 1.12 bits per heavy atom. The van der Waals surface area contributed by atoms with Crippen LogP contribution in [0.5, 0.6) is 0 Å². The summed E-state index contributed by atoms with van der Waals surface area (Å²) < 4.78 is 7.19. The van der Waals surface area contributed by atoms with Crippen molar-refractivity contribution in [3.8, 4) is 0 Å². The number of carbonyl (C=O) groups is 1. The van der Waals surface area contributed by atoms with Crippen LogP contribution in [0.2, 0.25) is 20.2 Å². The Morgan fingerprint density at radius 2 is 1.80 bits per heavy atom. The minimum Gasteiger partial charge on any atom is -0.451 e. The molecule has 0 atom stereocenters. The van der Waals surface area contributed by atoms with Gasteiger partial charge in [-0.25, -0.2) is 9.78 Å². The zero-order valence-corrected chi connectivity index (χ0v) is 18.1. The van der Waals surface area contributed by atoms with E-state index in [-0.39, 0.29) is 20.2 Å². The van der Waals surface area contributed by atoms with E-state index in [2.05, 4.69) is 4.98 Å². The van der Waals surface area contributed by atoms with Gasteiger partial charge in [0.1, 0.15) is 8.85 Å². The van der Waals surface area contributed by atoms with Gasteiger partial charge >= 0.3 is 6.09 Å². The highest BCUT2D eigenvalue weighted by Crippen LogP contribution is 2.38. The number of pyridine rings is 1. The van der Waals surface area contributed by atoms with E-state index < -0.39 is 26.8 Å². The number of amides is 1. The normalized spacial score (nSPS) is 11.3. The van der Waals surface area contributed by atoms with Gasteiger partial charge in [0.15, 0.2) is 0 Å². The molecule has 0 saturated heterocycles. The molecule has 5 nitrogen and oxygen atoms in total. The highest BCUT2D eigenvalue weighted by Gasteiger charge is 2.19. The SMILES string of the molecule is COC(=O)N(OC)c1ccccc1C=Ic1nc(Cl)c(Cl)c(Cl)c1Cl. The molecule has 0 N–H and O–H groups in total. The second-order valence-corrected chi connectivity index (χ2v) is 8.12. The van der Waals surface area contributed by atoms with Crippen molar-refractivity contribution in [3.05, 3.63) is 53.8 Å². The Labute approximate surface area is 174 Å². The monoisotopic (exact) mass is 534 g/mol. The number of carbonyl (C=O) groups excluding carboxylic acids is 1. The molecule has 0 aliphatic carbocycles. The van der Waals surface area contributed by atoms with Gasteiger partial charge in [-0.05, 0) is 10.1 Å². The van der Waals surface area contributed by atoms with Crippen LogP contribution in [0.25, 0.3) is 0 Å². The smallest absolute Gasteiger partial charge is 0.438 e. The minimum absolute atomic E-state index is 0.0977. The van der Waals surface area contributed by atoms with Crippen molar-refractivity contribution in [1.82, 2.24) is 4.98 Å². The summed E-state index contributed by atoms with van der Waals surface area (Å²) in [6.45, 7) is 0. The lowest BCUT2D eigenvalue weighted by Gasteiger charge is -2.19. The summed E-state index contributed by atoms with van der Waals surface area (Å²) in [5.74, 6) is 0. The number of benzene rings is 1. The lowest BCUT2D eigenvalue weighted by Crippen LogP contribution is -2.30. The third kappa shape index (κ3) is 4.75. The Kier molecular flexibility index (Phi) is 7.72. The van der Waals surface area contributed by atoms with Crippen LogP contribution in [-0.2, 0) is 9.57 Å². The van der Waals surface area contributed by atoms with E-state index in [9.17, 15) is 4.79 Å². The molecule has 25 heavy (non-hydrogen) atoms. The van der Waals surface area contributed by atoms with Gasteiger partial charge in [0, 0.05) is 5.56 Å². The van der Waals surface area contributed by atoms with Gasteiger partial charge in [0.25, 0.3) is 0 Å². The van der Waals surface area contributed by atoms with Gasteiger partial charge in [-0.2, -0.15) is 5.06 Å². The average Bonchev–Trinajstić information content (AvgIpc) is 2.63. The highest BCUT2D eigenvalue weighted by molar-refractivity contribution is 14.2. The summed E-state index contributed by atoms with van der Waals surface area (Å²) in [4.78, 5) is 21.1. The maximum absolute atomic E-state index is 11.8. The van der Waals surface area contributed by atoms with E-state index in [1.165, 1.54) is 14.2 Å². The van der Waals surface area contributed by atoms with Crippen LogP contribution in [0.3, 0.4) is 0 Å². The second-order valence-electron chi connectivity index (χ2n) is 4.36. The zero-order valence-electron chi connectivity index (χ0n) is 12.9. The van der Waals surface area contributed by atoms with Crippen LogP contribution in [0, 0.1) is 3.70 Å². The van der Waals surface area contributed by atoms with Gasteiger partial charge in [-0.15, -0.1) is 0 Å². The molecule has 1 amide bonds. The number of ether oxygens (including phenoxy) is 1. The predicted molar refractivity (Wildman–Crippen MR) is 110 cm³/mol. The summed E-state index contributed by atoms with van der Waals surface area (Å²) >= 11 is 23.3. The standard InChI is InChI=1S/C15H11Cl4IN2O3/c1-24-15(23)22(25-2)9-6-4-3-5-8(9)7-20-14-12(18)10(16)11(17)13(19)21-14/h3-7H,1-2H3. The van der Waals surface area contributed by atoms with Gasteiger partial charge in [-0.3, -0.25) is 4.84 Å². The Morgan fingerprint density at radius 3 is 2.44 bits per heavy atom. The number of nitrogens with zero attached hydrogens (tertiary/aromatic N) is 2. The molecule has 0 unspecified atom stereocenters. The quantitative estimate of drug-likeness (QED) is 0.281. The number of para-hydroxylation sites is 1. The summed E-state index contributed by atoms with van der Waals surface area (Å²) in [6.07, 6.45) is -0.643. The van der Waals surface area contributed by atoms with Gasteiger partial charge in [-0.1, -0.05) is 85.3 Å². The molecule has 0 aliphatic heterocycles. The molecular weight excluding hydrogens is 525 g/mol. The Bertz CT molecular complexity index is 833. The van der Waals surface area contributed by atoms with E-state index in [1.54, 1.807) is 12.1 Å². The molecule has 0 bridgehead atoms. The molecule has 1 heterocycles. The van der Waals surface area contributed by atoms with E-state index in [0.717, 1.165) is 10.6 Å². The number of hydrogen-bond donors (Lipinski definition) is 0. The zero-order chi connectivity index (χ0) is 18.6. The van der Waals surface area contributed by atoms with E-state index in [1.807, 2.05) is 16.1 Å². The first-order valence-corrected chi connectivity index (χ1v) is 10.4. The largest absolute Gasteiger partial charge is 0.451 e. The number of methoxy groups -OCH3 is 1. The maximum Gasteiger partial charge on any atom is 0.438 e. The number of anilines is 1. The second kappa shape index (κ2) is 9.34. The third-order valence-corrected chi connectivity index (χ3v) is 7.25. The van der Waals surface area contributed by atoms with E-state index in [0.29, 0.717) is 9.39 Å². The lowest BCUT2D eigenvalue weighted by molar-refractivity contribution is 0.115. The molecule has 1 aromatic heterocycles. The molecule has 0 saturated carbocycles. The highest BCUT2D eigenvalue weighted by atomic mass is 127. The van der Waals surface area contributed by atoms with Crippen LogP contribution in [0.15, 0.2) is 24.3 Å². The van der Waals surface area contributed by atoms with Crippen LogP contribution in [0.4, 0.5) is 10.5 Å². The molecule has 2 aromatic rings. The number of rotatable bonds is 4. The molecule has 0 fully saturated rings. The predicted octanol–water partition coefficient (Wildman–Crippen LogP) is 5.82.